The van der Waals surface area contributed by atoms with Crippen molar-refractivity contribution in [2.75, 3.05) is 6.54 Å². The fourth-order valence-corrected chi connectivity index (χ4v) is 2.20. The van der Waals surface area contributed by atoms with Gasteiger partial charge in [0.25, 0.3) is 0 Å². The molecule has 0 heterocycles. The average Bonchev–Trinajstić information content (AvgIpc) is 2.35. The van der Waals surface area contributed by atoms with Crippen molar-refractivity contribution in [2.45, 2.75) is 44.8 Å². The van der Waals surface area contributed by atoms with Gasteiger partial charge in [-0.3, -0.25) is 9.59 Å². The number of carboxylic acid groups (broad SMARTS) is 1. The van der Waals surface area contributed by atoms with Gasteiger partial charge in [0.1, 0.15) is 6.04 Å². The van der Waals surface area contributed by atoms with Crippen LogP contribution >= 0.6 is 0 Å². The molecule has 104 valence electrons. The highest BCUT2D eigenvalue weighted by Gasteiger charge is 2.26. The number of carboxylic acids is 1. The smallest absolute Gasteiger partial charge is 0.306 e. The molecule has 0 saturated heterocycles. The molecule has 0 aliphatic heterocycles. The maximum Gasteiger partial charge on any atom is 0.306 e. The lowest BCUT2D eigenvalue weighted by molar-refractivity contribution is -0.143. The molecule has 18 heavy (non-hydrogen) atoms. The minimum absolute atomic E-state index is 0.239. The van der Waals surface area contributed by atoms with Crippen LogP contribution < -0.4 is 11.1 Å². The Labute approximate surface area is 107 Å². The Balaban J connectivity index is 2.26. The molecular weight excluding hydrogens is 236 g/mol. The third-order valence-corrected chi connectivity index (χ3v) is 3.58. The van der Waals surface area contributed by atoms with Gasteiger partial charge < -0.3 is 21.3 Å². The molecule has 0 radical (unpaired) electrons. The van der Waals surface area contributed by atoms with E-state index in [-0.39, 0.29) is 11.8 Å². The Morgan fingerprint density at radius 1 is 1.33 bits per heavy atom. The summed E-state index contributed by atoms with van der Waals surface area (Å²) in [5.41, 5.74) is 5.50. The van der Waals surface area contributed by atoms with Crippen LogP contribution in [-0.4, -0.2) is 40.8 Å². The van der Waals surface area contributed by atoms with E-state index in [0.717, 1.165) is 12.8 Å². The van der Waals surface area contributed by atoms with Crippen LogP contribution in [-0.2, 0) is 9.59 Å². The van der Waals surface area contributed by atoms with Gasteiger partial charge >= 0.3 is 5.97 Å². The first-order valence-corrected chi connectivity index (χ1v) is 6.36. The third kappa shape index (κ3) is 4.27. The number of rotatable bonds is 5. The molecule has 2 atom stereocenters. The van der Waals surface area contributed by atoms with Crippen molar-refractivity contribution in [1.29, 1.82) is 0 Å². The van der Waals surface area contributed by atoms with Gasteiger partial charge in [-0.05, 0) is 38.5 Å². The quantitative estimate of drug-likeness (QED) is 0.541. The number of amides is 1. The summed E-state index contributed by atoms with van der Waals surface area (Å²) in [6.45, 7) is 1.98. The van der Waals surface area contributed by atoms with Gasteiger partial charge in [-0.1, -0.05) is 0 Å². The van der Waals surface area contributed by atoms with Crippen LogP contribution in [0.5, 0.6) is 0 Å². The van der Waals surface area contributed by atoms with E-state index in [1.807, 2.05) is 0 Å². The second-order valence-corrected chi connectivity index (χ2v) is 5.07. The normalized spacial score (nSPS) is 27.3. The van der Waals surface area contributed by atoms with Gasteiger partial charge in [0, 0.05) is 6.54 Å². The summed E-state index contributed by atoms with van der Waals surface area (Å²) in [7, 11) is 0. The molecule has 0 bridgehead atoms. The first-order valence-electron chi connectivity index (χ1n) is 6.36. The molecule has 1 saturated carbocycles. The molecule has 1 amide bonds. The van der Waals surface area contributed by atoms with E-state index in [4.69, 9.17) is 10.8 Å². The maximum atomic E-state index is 11.5. The average molecular weight is 258 g/mol. The van der Waals surface area contributed by atoms with Crippen molar-refractivity contribution < 1.29 is 19.8 Å². The van der Waals surface area contributed by atoms with Crippen molar-refractivity contribution >= 4 is 11.9 Å². The van der Waals surface area contributed by atoms with Crippen LogP contribution in [0.4, 0.5) is 0 Å². The van der Waals surface area contributed by atoms with Crippen molar-refractivity contribution in [3.63, 3.8) is 0 Å². The number of aliphatic hydroxyl groups excluding tert-OH is 1. The zero-order valence-electron chi connectivity index (χ0n) is 10.6. The zero-order chi connectivity index (χ0) is 13.7. The number of nitrogens with two attached hydrogens (primary N) is 1. The standard InChI is InChI=1S/C12H22N2O4/c1-7(15)10(13)11(16)14-6-8-2-4-9(5-3-8)12(17)18/h7-10,15H,2-6,13H2,1H3,(H,14,16)(H,17,18)/t7-,8?,9?,10+/m1/s1. The summed E-state index contributed by atoms with van der Waals surface area (Å²) in [4.78, 5) is 22.3. The largest absolute Gasteiger partial charge is 0.481 e. The topological polar surface area (TPSA) is 113 Å². The first kappa shape index (κ1) is 14.9. The van der Waals surface area contributed by atoms with Gasteiger partial charge in [-0.25, -0.2) is 0 Å². The fraction of sp³-hybridized carbons (Fsp3) is 0.833. The number of carbonyl (C=O) groups excluding carboxylic acids is 1. The molecule has 0 aromatic rings. The second kappa shape index (κ2) is 6.70. The number of hydrogen-bond donors (Lipinski definition) is 4. The molecule has 0 spiro atoms. The molecule has 1 aliphatic rings. The first-order chi connectivity index (χ1) is 8.41. The van der Waals surface area contributed by atoms with Gasteiger partial charge in [0.2, 0.25) is 5.91 Å². The maximum absolute atomic E-state index is 11.5. The third-order valence-electron chi connectivity index (χ3n) is 3.58. The monoisotopic (exact) mass is 258 g/mol. The van der Waals surface area contributed by atoms with Crippen molar-refractivity contribution in [3.8, 4) is 0 Å². The lowest BCUT2D eigenvalue weighted by Gasteiger charge is -2.26. The Hall–Kier alpha value is -1.14. The van der Waals surface area contributed by atoms with E-state index < -0.39 is 18.1 Å². The van der Waals surface area contributed by atoms with E-state index in [1.54, 1.807) is 0 Å². The number of nitrogens with one attached hydrogen (secondary N) is 1. The molecule has 1 rings (SSSR count). The lowest BCUT2D eigenvalue weighted by atomic mass is 9.82. The summed E-state index contributed by atoms with van der Waals surface area (Å²) < 4.78 is 0. The van der Waals surface area contributed by atoms with E-state index in [9.17, 15) is 14.7 Å². The predicted molar refractivity (Wildman–Crippen MR) is 65.7 cm³/mol. The molecule has 0 unspecified atom stereocenters. The molecule has 6 nitrogen and oxygen atoms in total. The predicted octanol–water partition coefficient (Wildman–Crippen LogP) is -0.298. The van der Waals surface area contributed by atoms with Crippen molar-refractivity contribution in [1.82, 2.24) is 5.32 Å². The van der Waals surface area contributed by atoms with Gasteiger partial charge in [-0.2, -0.15) is 0 Å². The molecule has 0 aromatic carbocycles. The summed E-state index contributed by atoms with van der Waals surface area (Å²) in [6, 6.07) is -0.902. The highest BCUT2D eigenvalue weighted by atomic mass is 16.4. The number of aliphatic carboxylic acids is 1. The minimum Gasteiger partial charge on any atom is -0.481 e. The van der Waals surface area contributed by atoms with Crippen LogP contribution in [0, 0.1) is 11.8 Å². The number of carbonyl (C=O) groups is 2. The molecule has 0 aromatic heterocycles. The molecule has 1 fully saturated rings. The SMILES string of the molecule is C[C@@H](O)[C@H](N)C(=O)NCC1CCC(C(=O)O)CC1. The Morgan fingerprint density at radius 3 is 2.33 bits per heavy atom. The minimum atomic E-state index is -0.902. The molecule has 5 N–H and O–H groups in total. The molecule has 1 aliphatic carbocycles. The Morgan fingerprint density at radius 2 is 1.89 bits per heavy atom. The number of hydrogen-bond acceptors (Lipinski definition) is 4. The van der Waals surface area contributed by atoms with E-state index in [2.05, 4.69) is 5.32 Å². The van der Waals surface area contributed by atoms with Gasteiger partial charge in [-0.15, -0.1) is 0 Å². The van der Waals surface area contributed by atoms with Crippen LogP contribution in [0.2, 0.25) is 0 Å². The summed E-state index contributed by atoms with van der Waals surface area (Å²) in [5, 5.41) is 20.7. The van der Waals surface area contributed by atoms with Crippen LogP contribution in [0.15, 0.2) is 0 Å². The molecule has 6 heteroatoms. The fourth-order valence-electron chi connectivity index (χ4n) is 2.20. The highest BCUT2D eigenvalue weighted by Crippen LogP contribution is 2.28. The second-order valence-electron chi connectivity index (χ2n) is 5.07. The summed E-state index contributed by atoms with van der Waals surface area (Å²) >= 11 is 0. The Bertz CT molecular complexity index is 298. The number of aliphatic hydroxyl groups is 1. The lowest BCUT2D eigenvalue weighted by Crippen LogP contribution is -2.48. The van der Waals surface area contributed by atoms with E-state index in [0.29, 0.717) is 25.3 Å². The zero-order valence-corrected chi connectivity index (χ0v) is 10.6. The van der Waals surface area contributed by atoms with Gasteiger partial charge in [0.15, 0.2) is 0 Å². The van der Waals surface area contributed by atoms with Crippen LogP contribution in [0.25, 0.3) is 0 Å². The summed E-state index contributed by atoms with van der Waals surface area (Å²) in [5.74, 6) is -1.01. The van der Waals surface area contributed by atoms with Crippen molar-refractivity contribution in [2.24, 2.45) is 17.6 Å². The van der Waals surface area contributed by atoms with E-state index >= 15 is 0 Å². The molecular formula is C12H22N2O4. The Kier molecular flexibility index (Phi) is 5.55. The highest BCUT2D eigenvalue weighted by molar-refractivity contribution is 5.82. The van der Waals surface area contributed by atoms with Gasteiger partial charge in [0.05, 0.1) is 12.0 Å². The van der Waals surface area contributed by atoms with E-state index in [1.165, 1.54) is 6.92 Å². The van der Waals surface area contributed by atoms with Crippen LogP contribution in [0.3, 0.4) is 0 Å². The van der Waals surface area contributed by atoms with Crippen molar-refractivity contribution in [3.05, 3.63) is 0 Å². The summed E-state index contributed by atoms with van der Waals surface area (Å²) in [6.07, 6.45) is 2.08. The van der Waals surface area contributed by atoms with Crippen LogP contribution in [0.1, 0.15) is 32.6 Å².